The van der Waals surface area contributed by atoms with Gasteiger partial charge in [0, 0.05) is 18.7 Å². The second kappa shape index (κ2) is 5.83. The molecule has 1 saturated carbocycles. The number of nitrogens with one attached hydrogen (secondary N) is 1. The van der Waals surface area contributed by atoms with Gasteiger partial charge >= 0.3 is 0 Å². The van der Waals surface area contributed by atoms with Crippen LogP contribution in [0.5, 0.6) is 0 Å². The number of carbonyl (C=O) groups excluding carboxylic acids is 1. The Labute approximate surface area is 120 Å². The first-order valence-corrected chi connectivity index (χ1v) is 8.57. The van der Waals surface area contributed by atoms with Crippen LogP contribution in [0, 0.1) is 5.92 Å². The SMILES string of the molecule is CN(c1cccc(NC(=O)C2CCCC2)c1)S(C)(=O)=O. The zero-order chi connectivity index (χ0) is 14.8. The average molecular weight is 296 g/mol. The molecule has 1 aromatic rings. The van der Waals surface area contributed by atoms with Crippen LogP contribution in [0.4, 0.5) is 11.4 Å². The topological polar surface area (TPSA) is 66.5 Å². The molecule has 1 aliphatic carbocycles. The highest BCUT2D eigenvalue weighted by Gasteiger charge is 2.22. The molecule has 6 heteroatoms. The molecular formula is C14H20N2O3S. The third kappa shape index (κ3) is 3.50. The standard InChI is InChI=1S/C14H20N2O3S/c1-16(20(2,18)19)13-9-5-8-12(10-13)15-14(17)11-6-3-4-7-11/h5,8-11H,3-4,6-7H2,1-2H3,(H,15,17). The summed E-state index contributed by atoms with van der Waals surface area (Å²) in [4.78, 5) is 12.0. The third-order valence-electron chi connectivity index (χ3n) is 3.70. The molecule has 0 aromatic heterocycles. The molecule has 0 unspecified atom stereocenters. The lowest BCUT2D eigenvalue weighted by Gasteiger charge is -2.18. The summed E-state index contributed by atoms with van der Waals surface area (Å²) >= 11 is 0. The number of benzene rings is 1. The van der Waals surface area contributed by atoms with E-state index in [1.165, 1.54) is 11.4 Å². The van der Waals surface area contributed by atoms with Gasteiger partial charge in [-0.3, -0.25) is 9.10 Å². The van der Waals surface area contributed by atoms with Gasteiger partial charge in [-0.25, -0.2) is 8.42 Å². The second-order valence-electron chi connectivity index (χ2n) is 5.25. The maximum atomic E-state index is 12.0. The molecule has 0 aliphatic heterocycles. The van der Waals surface area contributed by atoms with E-state index in [-0.39, 0.29) is 11.8 Å². The first-order chi connectivity index (χ1) is 9.38. The Morgan fingerprint density at radius 1 is 1.30 bits per heavy atom. The molecule has 0 bridgehead atoms. The van der Waals surface area contributed by atoms with Crippen LogP contribution >= 0.6 is 0 Å². The minimum absolute atomic E-state index is 0.0293. The van der Waals surface area contributed by atoms with E-state index in [1.54, 1.807) is 24.3 Å². The molecule has 0 saturated heterocycles. The van der Waals surface area contributed by atoms with Crippen molar-refractivity contribution in [2.75, 3.05) is 22.9 Å². The van der Waals surface area contributed by atoms with Gasteiger partial charge in [0.25, 0.3) is 0 Å². The van der Waals surface area contributed by atoms with Crippen molar-refractivity contribution in [1.29, 1.82) is 0 Å². The van der Waals surface area contributed by atoms with Crippen LogP contribution in [0.15, 0.2) is 24.3 Å². The summed E-state index contributed by atoms with van der Waals surface area (Å²) in [5.41, 5.74) is 1.17. The maximum absolute atomic E-state index is 12.0. The Morgan fingerprint density at radius 2 is 1.95 bits per heavy atom. The molecule has 1 N–H and O–H groups in total. The number of rotatable bonds is 4. The van der Waals surface area contributed by atoms with E-state index in [0.717, 1.165) is 31.9 Å². The van der Waals surface area contributed by atoms with Gasteiger partial charge in [0.1, 0.15) is 0 Å². The summed E-state index contributed by atoms with van der Waals surface area (Å²) in [7, 11) is -1.80. The zero-order valence-electron chi connectivity index (χ0n) is 11.8. The van der Waals surface area contributed by atoms with Crippen molar-refractivity contribution in [2.45, 2.75) is 25.7 Å². The lowest BCUT2D eigenvalue weighted by atomic mass is 10.1. The van der Waals surface area contributed by atoms with Gasteiger partial charge in [0.05, 0.1) is 11.9 Å². The van der Waals surface area contributed by atoms with E-state index in [4.69, 9.17) is 0 Å². The first-order valence-electron chi connectivity index (χ1n) is 6.73. The van der Waals surface area contributed by atoms with E-state index in [9.17, 15) is 13.2 Å². The van der Waals surface area contributed by atoms with Gasteiger partial charge in [-0.1, -0.05) is 18.9 Å². The molecular weight excluding hydrogens is 276 g/mol. The summed E-state index contributed by atoms with van der Waals surface area (Å²) < 4.78 is 24.2. The Kier molecular flexibility index (Phi) is 4.32. The lowest BCUT2D eigenvalue weighted by molar-refractivity contribution is -0.119. The fourth-order valence-electron chi connectivity index (χ4n) is 2.40. The quantitative estimate of drug-likeness (QED) is 0.926. The molecule has 0 heterocycles. The van der Waals surface area contributed by atoms with Crippen LogP contribution in [0.3, 0.4) is 0 Å². The summed E-state index contributed by atoms with van der Waals surface area (Å²) in [6.07, 6.45) is 5.24. The molecule has 1 fully saturated rings. The average Bonchev–Trinajstić information content (AvgIpc) is 2.91. The Hall–Kier alpha value is -1.56. The molecule has 110 valence electrons. The highest BCUT2D eigenvalue weighted by molar-refractivity contribution is 7.92. The Bertz CT molecular complexity index is 592. The van der Waals surface area contributed by atoms with E-state index < -0.39 is 10.0 Å². The summed E-state index contributed by atoms with van der Waals surface area (Å²) in [6.45, 7) is 0. The largest absolute Gasteiger partial charge is 0.326 e. The van der Waals surface area contributed by atoms with Crippen molar-refractivity contribution in [2.24, 2.45) is 5.92 Å². The molecule has 0 radical (unpaired) electrons. The Morgan fingerprint density at radius 3 is 2.55 bits per heavy atom. The van der Waals surface area contributed by atoms with Gasteiger partial charge in [-0.15, -0.1) is 0 Å². The molecule has 1 amide bonds. The highest BCUT2D eigenvalue weighted by Crippen LogP contribution is 2.27. The van der Waals surface area contributed by atoms with E-state index in [2.05, 4.69) is 5.32 Å². The minimum Gasteiger partial charge on any atom is -0.326 e. The fraction of sp³-hybridized carbons (Fsp3) is 0.500. The summed E-state index contributed by atoms with van der Waals surface area (Å²) in [6, 6.07) is 6.88. The van der Waals surface area contributed by atoms with E-state index in [0.29, 0.717) is 11.4 Å². The number of carbonyl (C=O) groups is 1. The fourth-order valence-corrected chi connectivity index (χ4v) is 2.90. The van der Waals surface area contributed by atoms with Gasteiger partial charge in [-0.2, -0.15) is 0 Å². The number of hydrogen-bond donors (Lipinski definition) is 1. The first kappa shape index (κ1) is 14.8. The van der Waals surface area contributed by atoms with Crippen molar-refractivity contribution < 1.29 is 13.2 Å². The minimum atomic E-state index is -3.30. The van der Waals surface area contributed by atoms with Crippen LogP contribution < -0.4 is 9.62 Å². The summed E-state index contributed by atoms with van der Waals surface area (Å²) in [5.74, 6) is 0.118. The number of nitrogens with zero attached hydrogens (tertiary/aromatic N) is 1. The van der Waals surface area contributed by atoms with Gasteiger partial charge in [-0.05, 0) is 31.0 Å². The van der Waals surface area contributed by atoms with Crippen LogP contribution in [0.1, 0.15) is 25.7 Å². The molecule has 2 rings (SSSR count). The zero-order valence-corrected chi connectivity index (χ0v) is 12.6. The van der Waals surface area contributed by atoms with Gasteiger partial charge < -0.3 is 5.32 Å². The van der Waals surface area contributed by atoms with E-state index >= 15 is 0 Å². The van der Waals surface area contributed by atoms with Crippen molar-refractivity contribution in [1.82, 2.24) is 0 Å². The van der Waals surface area contributed by atoms with Gasteiger partial charge in [0.15, 0.2) is 0 Å². The van der Waals surface area contributed by atoms with Crippen LogP contribution in [0.2, 0.25) is 0 Å². The lowest BCUT2D eigenvalue weighted by Crippen LogP contribution is -2.25. The molecule has 20 heavy (non-hydrogen) atoms. The number of sulfonamides is 1. The predicted molar refractivity (Wildman–Crippen MR) is 80.3 cm³/mol. The van der Waals surface area contributed by atoms with Crippen molar-refractivity contribution in [3.63, 3.8) is 0 Å². The summed E-state index contributed by atoms with van der Waals surface area (Å²) in [5, 5.41) is 2.87. The Balaban J connectivity index is 2.11. The number of amides is 1. The monoisotopic (exact) mass is 296 g/mol. The molecule has 0 atom stereocenters. The van der Waals surface area contributed by atoms with Crippen LogP contribution in [-0.2, 0) is 14.8 Å². The van der Waals surface area contributed by atoms with Crippen LogP contribution in [0.25, 0.3) is 0 Å². The number of anilines is 2. The normalized spacial score (nSPS) is 16.1. The van der Waals surface area contributed by atoms with Crippen LogP contribution in [-0.4, -0.2) is 27.6 Å². The van der Waals surface area contributed by atoms with Crippen molar-refractivity contribution in [3.8, 4) is 0 Å². The van der Waals surface area contributed by atoms with Crippen molar-refractivity contribution >= 4 is 27.3 Å². The highest BCUT2D eigenvalue weighted by atomic mass is 32.2. The molecule has 1 aromatic carbocycles. The third-order valence-corrected chi connectivity index (χ3v) is 4.91. The van der Waals surface area contributed by atoms with E-state index in [1.807, 2.05) is 0 Å². The van der Waals surface area contributed by atoms with Crippen molar-refractivity contribution in [3.05, 3.63) is 24.3 Å². The van der Waals surface area contributed by atoms with Gasteiger partial charge in [0.2, 0.25) is 15.9 Å². The maximum Gasteiger partial charge on any atom is 0.231 e. The second-order valence-corrected chi connectivity index (χ2v) is 7.27. The molecule has 0 spiro atoms. The number of hydrogen-bond acceptors (Lipinski definition) is 3. The smallest absolute Gasteiger partial charge is 0.231 e. The predicted octanol–water partition coefficient (Wildman–Crippen LogP) is 2.21. The molecule has 5 nitrogen and oxygen atoms in total. The molecule has 1 aliphatic rings.